The minimum Gasteiger partial charge on any atom is -0.399 e. The van der Waals surface area contributed by atoms with Crippen molar-refractivity contribution in [3.63, 3.8) is 0 Å². The number of guanidine groups is 1. The molecule has 0 aromatic heterocycles. The zero-order valence-electron chi connectivity index (χ0n) is 13.1. The predicted molar refractivity (Wildman–Crippen MR) is 91.4 cm³/mol. The summed E-state index contributed by atoms with van der Waals surface area (Å²) < 4.78 is 0. The van der Waals surface area contributed by atoms with Crippen molar-refractivity contribution in [1.82, 2.24) is 4.90 Å². The fraction of sp³-hybridized carbons (Fsp3) is 0.222. The first kappa shape index (κ1) is 15.1. The number of rotatable bonds is 3. The smallest absolute Gasteiger partial charge is 0.232 e. The van der Waals surface area contributed by atoms with Crippen LogP contribution in [0.25, 0.3) is 0 Å². The molecule has 0 radical (unpaired) electrons. The van der Waals surface area contributed by atoms with Gasteiger partial charge in [-0.05, 0) is 30.2 Å². The van der Waals surface area contributed by atoms with Crippen molar-refractivity contribution in [1.29, 1.82) is 0 Å². The quantitative estimate of drug-likeness (QED) is 0.853. The molecule has 5 nitrogen and oxygen atoms in total. The minimum atomic E-state index is -0.677. The van der Waals surface area contributed by atoms with E-state index in [4.69, 9.17) is 11.5 Å². The van der Waals surface area contributed by atoms with Gasteiger partial charge in [0.2, 0.25) is 5.91 Å². The molecule has 4 N–H and O–H groups in total. The predicted octanol–water partition coefficient (Wildman–Crippen LogP) is 2.23. The molecule has 1 heterocycles. The van der Waals surface area contributed by atoms with Crippen LogP contribution in [0.3, 0.4) is 0 Å². The van der Waals surface area contributed by atoms with Gasteiger partial charge < -0.3 is 11.5 Å². The molecule has 0 unspecified atom stereocenters. The Hall–Kier alpha value is -2.82. The van der Waals surface area contributed by atoms with E-state index in [1.54, 1.807) is 0 Å². The number of carbonyl (C=O) groups excluding carboxylic acids is 1. The molecule has 5 heteroatoms. The van der Waals surface area contributed by atoms with Crippen LogP contribution < -0.4 is 11.5 Å². The van der Waals surface area contributed by atoms with Gasteiger partial charge in [0.25, 0.3) is 0 Å². The van der Waals surface area contributed by atoms with E-state index in [-0.39, 0.29) is 18.3 Å². The maximum absolute atomic E-state index is 12.6. The molecule has 118 valence electrons. The number of nitrogens with two attached hydrogens (primary N) is 2. The van der Waals surface area contributed by atoms with Crippen molar-refractivity contribution in [2.24, 2.45) is 10.7 Å². The minimum absolute atomic E-state index is 0.0359. The first-order chi connectivity index (χ1) is 11.0. The molecule has 1 aliphatic rings. The average molecular weight is 308 g/mol. The molecule has 1 atom stereocenters. The molecule has 0 bridgehead atoms. The lowest BCUT2D eigenvalue weighted by molar-refractivity contribution is -0.130. The number of benzene rings is 2. The summed E-state index contributed by atoms with van der Waals surface area (Å²) >= 11 is 0. The number of anilines is 1. The Morgan fingerprint density at radius 3 is 2.52 bits per heavy atom. The Labute approximate surface area is 135 Å². The number of nitrogen functional groups attached to an aromatic ring is 1. The summed E-state index contributed by atoms with van der Waals surface area (Å²) in [7, 11) is 0. The van der Waals surface area contributed by atoms with Crippen LogP contribution in [0.5, 0.6) is 0 Å². The van der Waals surface area contributed by atoms with Crippen molar-refractivity contribution < 1.29 is 4.79 Å². The topological polar surface area (TPSA) is 84.7 Å². The second kappa shape index (κ2) is 5.76. The van der Waals surface area contributed by atoms with Crippen molar-refractivity contribution in [3.8, 4) is 0 Å². The van der Waals surface area contributed by atoms with Gasteiger partial charge in [-0.2, -0.15) is 0 Å². The van der Waals surface area contributed by atoms with Gasteiger partial charge in [-0.1, -0.05) is 42.5 Å². The molecule has 23 heavy (non-hydrogen) atoms. The standard InChI is InChI=1S/C18H20N4O/c1-18(14-8-5-9-15(19)10-14)11-16(23)22(17(20)21-18)12-13-6-3-2-4-7-13/h2-10H,11-12,19H2,1H3,(H2,20,21)/t18-/m0/s1. The Bertz CT molecular complexity index is 757. The van der Waals surface area contributed by atoms with Crippen LogP contribution in [0, 0.1) is 0 Å². The molecule has 0 fully saturated rings. The number of nitrogens with zero attached hydrogens (tertiary/aromatic N) is 2. The first-order valence-corrected chi connectivity index (χ1v) is 7.53. The number of hydrogen-bond acceptors (Lipinski definition) is 4. The molecule has 0 aliphatic carbocycles. The molecule has 2 aromatic rings. The lowest BCUT2D eigenvalue weighted by Crippen LogP contribution is -2.49. The summed E-state index contributed by atoms with van der Waals surface area (Å²) in [6.07, 6.45) is 0.268. The second-order valence-electron chi connectivity index (χ2n) is 6.01. The molecule has 0 saturated heterocycles. The zero-order valence-corrected chi connectivity index (χ0v) is 13.1. The summed E-state index contributed by atoms with van der Waals surface area (Å²) in [6.45, 7) is 2.34. The molecule has 2 aromatic carbocycles. The van der Waals surface area contributed by atoms with Gasteiger partial charge in [-0.3, -0.25) is 9.69 Å². The second-order valence-corrected chi connectivity index (χ2v) is 6.01. The summed E-state index contributed by atoms with van der Waals surface area (Å²) in [5, 5.41) is 0. The van der Waals surface area contributed by atoms with E-state index >= 15 is 0 Å². The van der Waals surface area contributed by atoms with E-state index in [1.807, 2.05) is 61.5 Å². The maximum Gasteiger partial charge on any atom is 0.232 e. The van der Waals surface area contributed by atoms with Crippen molar-refractivity contribution >= 4 is 17.6 Å². The summed E-state index contributed by atoms with van der Waals surface area (Å²) in [5.74, 6) is 0.210. The highest BCUT2D eigenvalue weighted by Crippen LogP contribution is 2.34. The maximum atomic E-state index is 12.6. The monoisotopic (exact) mass is 308 g/mol. The van der Waals surface area contributed by atoms with E-state index in [0.29, 0.717) is 12.2 Å². The van der Waals surface area contributed by atoms with Gasteiger partial charge >= 0.3 is 0 Å². The Morgan fingerprint density at radius 1 is 1.13 bits per heavy atom. The third-order valence-corrected chi connectivity index (χ3v) is 4.13. The van der Waals surface area contributed by atoms with Crippen LogP contribution in [0.15, 0.2) is 59.6 Å². The van der Waals surface area contributed by atoms with Crippen LogP contribution in [0.1, 0.15) is 24.5 Å². The van der Waals surface area contributed by atoms with Crippen molar-refractivity contribution in [2.45, 2.75) is 25.4 Å². The first-order valence-electron chi connectivity index (χ1n) is 7.53. The van der Waals surface area contributed by atoms with Gasteiger partial charge in [-0.25, -0.2) is 4.99 Å². The normalized spacial score (nSPS) is 21.2. The van der Waals surface area contributed by atoms with E-state index < -0.39 is 5.54 Å². The Morgan fingerprint density at radius 2 is 1.87 bits per heavy atom. The van der Waals surface area contributed by atoms with E-state index in [2.05, 4.69) is 4.99 Å². The number of carbonyl (C=O) groups is 1. The fourth-order valence-corrected chi connectivity index (χ4v) is 2.85. The van der Waals surface area contributed by atoms with Gasteiger partial charge in [0.1, 0.15) is 0 Å². The lowest BCUT2D eigenvalue weighted by Gasteiger charge is -2.35. The summed E-state index contributed by atoms with van der Waals surface area (Å²) in [5.41, 5.74) is 13.8. The van der Waals surface area contributed by atoms with Crippen LogP contribution >= 0.6 is 0 Å². The highest BCUT2D eigenvalue weighted by molar-refractivity contribution is 5.99. The molecule has 0 saturated carbocycles. The molecular formula is C18H20N4O. The van der Waals surface area contributed by atoms with Crippen molar-refractivity contribution in [3.05, 3.63) is 65.7 Å². The Balaban J connectivity index is 1.90. The number of amides is 1. The fourth-order valence-electron chi connectivity index (χ4n) is 2.85. The number of hydrogen-bond donors (Lipinski definition) is 2. The molecule has 1 amide bonds. The third kappa shape index (κ3) is 3.04. The Kier molecular flexibility index (Phi) is 3.78. The lowest BCUT2D eigenvalue weighted by atomic mass is 9.87. The number of aliphatic imine (C=N–C) groups is 1. The average Bonchev–Trinajstić information content (AvgIpc) is 2.52. The van der Waals surface area contributed by atoms with Crippen LogP contribution in [-0.4, -0.2) is 16.8 Å². The highest BCUT2D eigenvalue weighted by atomic mass is 16.2. The van der Waals surface area contributed by atoms with Gasteiger partial charge in [0, 0.05) is 5.69 Å². The SMILES string of the molecule is C[C@@]1(c2cccc(N)c2)CC(=O)N(Cc2ccccc2)C(N)=N1. The highest BCUT2D eigenvalue weighted by Gasteiger charge is 2.37. The van der Waals surface area contributed by atoms with E-state index in [9.17, 15) is 4.79 Å². The van der Waals surface area contributed by atoms with Gasteiger partial charge in [-0.15, -0.1) is 0 Å². The largest absolute Gasteiger partial charge is 0.399 e. The van der Waals surface area contributed by atoms with Crippen molar-refractivity contribution in [2.75, 3.05) is 5.73 Å². The van der Waals surface area contributed by atoms with E-state index in [0.717, 1.165) is 11.1 Å². The van der Waals surface area contributed by atoms with Gasteiger partial charge in [0.15, 0.2) is 5.96 Å². The van der Waals surface area contributed by atoms with E-state index in [1.165, 1.54) is 4.90 Å². The molecule has 1 aliphatic heterocycles. The summed E-state index contributed by atoms with van der Waals surface area (Å²) in [6, 6.07) is 17.2. The molecule has 3 rings (SSSR count). The van der Waals surface area contributed by atoms with Crippen LogP contribution in [0.4, 0.5) is 5.69 Å². The van der Waals surface area contributed by atoms with Crippen LogP contribution in [0.2, 0.25) is 0 Å². The molecular weight excluding hydrogens is 288 g/mol. The van der Waals surface area contributed by atoms with Gasteiger partial charge in [0.05, 0.1) is 18.5 Å². The molecule has 0 spiro atoms. The summed E-state index contributed by atoms with van der Waals surface area (Å²) in [4.78, 5) is 18.7. The third-order valence-electron chi connectivity index (χ3n) is 4.13. The van der Waals surface area contributed by atoms with Crippen LogP contribution in [-0.2, 0) is 16.9 Å². The zero-order chi connectivity index (χ0) is 16.4.